The zero-order valence-corrected chi connectivity index (χ0v) is 24.6. The Balaban J connectivity index is 1.27. The predicted octanol–water partition coefficient (Wildman–Crippen LogP) is 6.43. The van der Waals surface area contributed by atoms with Crippen LogP contribution in [-0.4, -0.2) is 89.7 Å². The Morgan fingerprint density at radius 1 is 0.814 bits per heavy atom. The van der Waals surface area contributed by atoms with Gasteiger partial charge in [0.15, 0.2) is 0 Å². The van der Waals surface area contributed by atoms with E-state index < -0.39 is 29.1 Å². The molecular weight excluding hydrogens is 576 g/mol. The summed E-state index contributed by atoms with van der Waals surface area (Å²) in [7, 11) is 0. The van der Waals surface area contributed by atoms with E-state index in [-0.39, 0.29) is 6.09 Å². The van der Waals surface area contributed by atoms with E-state index in [9.17, 15) is 36.2 Å². The van der Waals surface area contributed by atoms with Crippen molar-refractivity contribution in [3.05, 3.63) is 59.7 Å². The Kier molecular flexibility index (Phi) is 9.73. The van der Waals surface area contributed by atoms with Gasteiger partial charge in [-0.3, -0.25) is 4.90 Å². The largest absolute Gasteiger partial charge is 0.444 e. The smallest absolute Gasteiger partial charge is 0.430 e. The fraction of sp³-hybridized carbons (Fsp3) is 0.581. The molecule has 4 rings (SSSR count). The molecule has 6 nitrogen and oxygen atoms in total. The molecular formula is C31H39F6N3O3. The first-order valence-corrected chi connectivity index (χ1v) is 14.4. The van der Waals surface area contributed by atoms with Crippen LogP contribution in [-0.2, 0) is 16.9 Å². The van der Waals surface area contributed by atoms with Crippen molar-refractivity contribution >= 4 is 6.09 Å². The highest BCUT2D eigenvalue weighted by molar-refractivity contribution is 5.68. The fourth-order valence-electron chi connectivity index (χ4n) is 5.65. The summed E-state index contributed by atoms with van der Waals surface area (Å²) in [5.74, 6) is 0.408. The zero-order chi connectivity index (χ0) is 31.6. The van der Waals surface area contributed by atoms with Crippen molar-refractivity contribution in [3.63, 3.8) is 0 Å². The number of nitrogens with zero attached hydrogens (tertiary/aromatic N) is 3. The maximum Gasteiger partial charge on any atom is 0.430 e. The Morgan fingerprint density at radius 2 is 1.33 bits per heavy atom. The molecule has 1 atom stereocenters. The number of amides is 1. The number of piperidine rings is 1. The molecule has 1 unspecified atom stereocenters. The second kappa shape index (κ2) is 12.6. The summed E-state index contributed by atoms with van der Waals surface area (Å²) in [4.78, 5) is 19.1. The highest BCUT2D eigenvalue weighted by atomic mass is 19.4. The van der Waals surface area contributed by atoms with Crippen molar-refractivity contribution in [1.29, 1.82) is 0 Å². The lowest BCUT2D eigenvalue weighted by atomic mass is 9.90. The van der Waals surface area contributed by atoms with Gasteiger partial charge in [-0.1, -0.05) is 48.5 Å². The molecule has 2 fully saturated rings. The normalized spacial score (nSPS) is 19.9. The first kappa shape index (κ1) is 33.1. The summed E-state index contributed by atoms with van der Waals surface area (Å²) >= 11 is 0. The van der Waals surface area contributed by atoms with Gasteiger partial charge in [-0.15, -0.1) is 0 Å². The maximum absolute atomic E-state index is 13.2. The number of hydrogen-bond acceptors (Lipinski definition) is 5. The standard InChI is InChI=1S/C31H39F6N3O3/c1-28(2,3)43-27(41)40-14-4-5-23(21-40)20-39-17-15-38(16-18-39)19-22-6-8-24(9-7-22)25-10-12-26(13-11-25)29(42,30(32,33)34)31(35,36)37/h6-13,23,42H,4-5,14-21H2,1-3H3. The van der Waals surface area contributed by atoms with Gasteiger partial charge < -0.3 is 19.6 Å². The molecule has 1 amide bonds. The number of piperazine rings is 1. The predicted molar refractivity (Wildman–Crippen MR) is 150 cm³/mol. The molecule has 0 spiro atoms. The average Bonchev–Trinajstić information content (AvgIpc) is 2.92. The van der Waals surface area contributed by atoms with Crippen molar-refractivity contribution in [2.24, 2.45) is 5.92 Å². The van der Waals surface area contributed by atoms with Crippen molar-refractivity contribution < 1.29 is 41.0 Å². The maximum atomic E-state index is 13.2. The van der Waals surface area contributed by atoms with Gasteiger partial charge in [0.1, 0.15) is 5.60 Å². The van der Waals surface area contributed by atoms with Crippen molar-refractivity contribution in [2.45, 2.75) is 63.7 Å². The van der Waals surface area contributed by atoms with E-state index >= 15 is 0 Å². The third-order valence-electron chi connectivity index (χ3n) is 7.97. The fourth-order valence-corrected chi connectivity index (χ4v) is 5.65. The molecule has 0 saturated carbocycles. The van der Waals surface area contributed by atoms with E-state index in [1.165, 1.54) is 0 Å². The molecule has 0 aromatic heterocycles. The SMILES string of the molecule is CC(C)(C)OC(=O)N1CCCC(CN2CCN(Cc3ccc(-c4ccc(C(O)(C(F)(F)F)C(F)(F)F)cc4)cc3)CC2)C1. The van der Waals surface area contributed by atoms with Crippen LogP contribution in [0.3, 0.4) is 0 Å². The number of carbonyl (C=O) groups excluding carboxylic acids is 1. The van der Waals surface area contributed by atoms with Gasteiger partial charge >= 0.3 is 18.4 Å². The second-order valence-electron chi connectivity index (χ2n) is 12.5. The highest BCUT2D eigenvalue weighted by Crippen LogP contribution is 2.50. The minimum Gasteiger partial charge on any atom is -0.444 e. The molecule has 238 valence electrons. The minimum absolute atomic E-state index is 0.250. The number of benzene rings is 2. The monoisotopic (exact) mass is 615 g/mol. The average molecular weight is 616 g/mol. The Bertz CT molecular complexity index is 1200. The summed E-state index contributed by atoms with van der Waals surface area (Å²) in [5, 5.41) is 9.60. The van der Waals surface area contributed by atoms with Crippen LogP contribution >= 0.6 is 0 Å². The number of aliphatic hydroxyl groups is 1. The van der Waals surface area contributed by atoms with Crippen LogP contribution in [0.4, 0.5) is 31.1 Å². The Labute approximate surface area is 248 Å². The lowest BCUT2D eigenvalue weighted by molar-refractivity contribution is -0.376. The van der Waals surface area contributed by atoms with Gasteiger partial charge in [-0.05, 0) is 56.2 Å². The van der Waals surface area contributed by atoms with E-state index in [2.05, 4.69) is 9.80 Å². The van der Waals surface area contributed by atoms with Crippen LogP contribution in [0.5, 0.6) is 0 Å². The van der Waals surface area contributed by atoms with E-state index in [4.69, 9.17) is 4.74 Å². The summed E-state index contributed by atoms with van der Waals surface area (Å²) in [6.07, 6.45) is -10.0. The van der Waals surface area contributed by atoms with Gasteiger partial charge in [0.05, 0.1) is 0 Å². The molecule has 2 saturated heterocycles. The van der Waals surface area contributed by atoms with E-state index in [1.54, 1.807) is 12.1 Å². The van der Waals surface area contributed by atoms with E-state index in [0.717, 1.165) is 69.8 Å². The first-order valence-electron chi connectivity index (χ1n) is 14.4. The van der Waals surface area contributed by atoms with Crippen molar-refractivity contribution in [2.75, 3.05) is 45.8 Å². The molecule has 0 radical (unpaired) electrons. The molecule has 0 bridgehead atoms. The second-order valence-corrected chi connectivity index (χ2v) is 12.5. The van der Waals surface area contributed by atoms with Gasteiger partial charge in [0.25, 0.3) is 5.60 Å². The van der Waals surface area contributed by atoms with Gasteiger partial charge in [-0.2, -0.15) is 26.3 Å². The van der Waals surface area contributed by atoms with Crippen LogP contribution in [0.2, 0.25) is 0 Å². The summed E-state index contributed by atoms with van der Waals surface area (Å²) in [6.45, 7) is 12.3. The number of carbonyl (C=O) groups is 1. The third kappa shape index (κ3) is 8.02. The summed E-state index contributed by atoms with van der Waals surface area (Å²) in [6, 6.07) is 10.9. The lowest BCUT2D eigenvalue weighted by Gasteiger charge is -2.39. The van der Waals surface area contributed by atoms with E-state index in [1.807, 2.05) is 37.8 Å². The molecule has 2 aliphatic rings. The lowest BCUT2D eigenvalue weighted by Crippen LogP contribution is -2.53. The molecule has 43 heavy (non-hydrogen) atoms. The quantitative estimate of drug-likeness (QED) is 0.380. The summed E-state index contributed by atoms with van der Waals surface area (Å²) in [5.41, 5.74) is -4.63. The number of halogens is 6. The molecule has 2 aromatic rings. The summed E-state index contributed by atoms with van der Waals surface area (Å²) < 4.78 is 84.5. The van der Waals surface area contributed by atoms with Gasteiger partial charge in [0.2, 0.25) is 0 Å². The number of hydrogen-bond donors (Lipinski definition) is 1. The molecule has 0 aliphatic carbocycles. The van der Waals surface area contributed by atoms with Gasteiger partial charge in [-0.25, -0.2) is 4.79 Å². The van der Waals surface area contributed by atoms with Crippen molar-refractivity contribution in [3.8, 4) is 11.1 Å². The molecule has 2 aliphatic heterocycles. The number of ether oxygens (including phenoxy) is 1. The van der Waals surface area contributed by atoms with Crippen LogP contribution < -0.4 is 0 Å². The minimum atomic E-state index is -5.92. The Hall–Kier alpha value is -2.83. The molecule has 1 N–H and O–H groups in total. The first-order chi connectivity index (χ1) is 20.0. The zero-order valence-electron chi connectivity index (χ0n) is 24.6. The highest BCUT2D eigenvalue weighted by Gasteiger charge is 2.71. The molecule has 12 heteroatoms. The van der Waals surface area contributed by atoms with Crippen LogP contribution in [0.25, 0.3) is 11.1 Å². The number of likely N-dealkylation sites (tertiary alicyclic amines) is 1. The number of alkyl halides is 6. The third-order valence-corrected chi connectivity index (χ3v) is 7.97. The van der Waals surface area contributed by atoms with Crippen LogP contribution in [0.1, 0.15) is 44.7 Å². The molecule has 2 aromatic carbocycles. The topological polar surface area (TPSA) is 56.2 Å². The van der Waals surface area contributed by atoms with Gasteiger partial charge in [0, 0.05) is 57.9 Å². The van der Waals surface area contributed by atoms with Crippen LogP contribution in [0, 0.1) is 5.92 Å². The number of rotatable bonds is 6. The Morgan fingerprint density at radius 3 is 1.84 bits per heavy atom. The molecule has 2 heterocycles. The van der Waals surface area contributed by atoms with Crippen molar-refractivity contribution in [1.82, 2.24) is 14.7 Å². The van der Waals surface area contributed by atoms with Crippen LogP contribution in [0.15, 0.2) is 48.5 Å². The van der Waals surface area contributed by atoms with E-state index in [0.29, 0.717) is 42.3 Å².